The molecule has 0 aromatic rings. The summed E-state index contributed by atoms with van der Waals surface area (Å²) in [5, 5.41) is 0. The summed E-state index contributed by atoms with van der Waals surface area (Å²) in [4.78, 5) is 24.4. The summed E-state index contributed by atoms with van der Waals surface area (Å²) in [7, 11) is 0. The number of allylic oxidation sites excluding steroid dienone is 4. The highest BCUT2D eigenvalue weighted by molar-refractivity contribution is 5.99. The quantitative estimate of drug-likeness (QED) is 0.427. The maximum absolute atomic E-state index is 12.3. The molecule has 0 heterocycles. The number of hydrogen-bond acceptors (Lipinski definition) is 3. The number of hydrogen-bond donors (Lipinski definition) is 0. The van der Waals surface area contributed by atoms with E-state index in [9.17, 15) is 9.59 Å². The van der Waals surface area contributed by atoms with Crippen LogP contribution in [0.2, 0.25) is 0 Å². The Morgan fingerprint density at radius 3 is 2.57 bits per heavy atom. The number of ether oxygens (including phenoxy) is 1. The smallest absolute Gasteiger partial charge is 0.333 e. The van der Waals surface area contributed by atoms with E-state index in [0.29, 0.717) is 18.4 Å². The molecule has 1 saturated carbocycles. The standard InChI is InChI=1S/C20H28O3/c1-7-13(4)19(22)23-18-9-8-15-10-17(21)16(12(2)3)11-20(15,6)14(18)5/h7-8,14,18H,9-11H2,1-6H3/t14-,18+,20+/m0/s1. The van der Waals surface area contributed by atoms with Gasteiger partial charge in [0.15, 0.2) is 5.78 Å². The Hall–Kier alpha value is -1.64. The van der Waals surface area contributed by atoms with E-state index < -0.39 is 0 Å². The molecule has 0 amide bonds. The van der Waals surface area contributed by atoms with Crippen LogP contribution in [-0.2, 0) is 14.3 Å². The highest BCUT2D eigenvalue weighted by Gasteiger charge is 2.47. The summed E-state index contributed by atoms with van der Waals surface area (Å²) < 4.78 is 5.74. The van der Waals surface area contributed by atoms with E-state index in [-0.39, 0.29) is 29.2 Å². The van der Waals surface area contributed by atoms with Crippen molar-refractivity contribution in [2.45, 2.75) is 66.9 Å². The van der Waals surface area contributed by atoms with Gasteiger partial charge in [0, 0.05) is 24.3 Å². The second kappa shape index (κ2) is 6.46. The first kappa shape index (κ1) is 17.7. The molecule has 126 valence electrons. The van der Waals surface area contributed by atoms with Crippen LogP contribution in [0.1, 0.15) is 60.8 Å². The molecule has 2 rings (SSSR count). The third-order valence-corrected chi connectivity index (χ3v) is 5.74. The van der Waals surface area contributed by atoms with Gasteiger partial charge in [0.1, 0.15) is 6.10 Å². The first-order chi connectivity index (χ1) is 10.7. The van der Waals surface area contributed by atoms with Crippen molar-refractivity contribution in [3.05, 3.63) is 34.4 Å². The van der Waals surface area contributed by atoms with Crippen LogP contribution in [0.25, 0.3) is 0 Å². The molecule has 2 aliphatic rings. The van der Waals surface area contributed by atoms with Gasteiger partial charge in [-0.2, -0.15) is 0 Å². The van der Waals surface area contributed by atoms with Gasteiger partial charge in [0.25, 0.3) is 0 Å². The predicted octanol–water partition coefficient (Wildman–Crippen LogP) is 4.54. The number of carbonyl (C=O) groups excluding carboxylic acids is 2. The van der Waals surface area contributed by atoms with Gasteiger partial charge in [-0.1, -0.05) is 37.1 Å². The fourth-order valence-electron chi connectivity index (χ4n) is 3.65. The van der Waals surface area contributed by atoms with Crippen molar-refractivity contribution in [1.82, 2.24) is 0 Å². The van der Waals surface area contributed by atoms with Crippen LogP contribution in [0.3, 0.4) is 0 Å². The van der Waals surface area contributed by atoms with E-state index in [4.69, 9.17) is 4.74 Å². The fourth-order valence-corrected chi connectivity index (χ4v) is 3.65. The molecule has 2 aliphatic carbocycles. The third-order valence-electron chi connectivity index (χ3n) is 5.74. The fraction of sp³-hybridized carbons (Fsp3) is 0.600. The summed E-state index contributed by atoms with van der Waals surface area (Å²) in [6.07, 6.45) is 5.74. The van der Waals surface area contributed by atoms with Crippen molar-refractivity contribution in [3.63, 3.8) is 0 Å². The minimum Gasteiger partial charge on any atom is -0.458 e. The first-order valence-electron chi connectivity index (χ1n) is 8.43. The van der Waals surface area contributed by atoms with E-state index in [0.717, 1.165) is 17.6 Å². The van der Waals surface area contributed by atoms with Crippen LogP contribution >= 0.6 is 0 Å². The number of esters is 1. The van der Waals surface area contributed by atoms with Crippen LogP contribution in [-0.4, -0.2) is 17.9 Å². The number of carbonyl (C=O) groups is 2. The van der Waals surface area contributed by atoms with Crippen LogP contribution in [0, 0.1) is 11.3 Å². The van der Waals surface area contributed by atoms with E-state index in [1.165, 1.54) is 5.57 Å². The Labute approximate surface area is 139 Å². The molecule has 0 saturated heterocycles. The molecule has 3 nitrogen and oxygen atoms in total. The van der Waals surface area contributed by atoms with Gasteiger partial charge in [0.2, 0.25) is 0 Å². The van der Waals surface area contributed by atoms with E-state index in [1.54, 1.807) is 13.0 Å². The maximum atomic E-state index is 12.3. The van der Waals surface area contributed by atoms with Crippen molar-refractivity contribution >= 4 is 11.8 Å². The molecule has 0 N–H and O–H groups in total. The number of fused-ring (bicyclic) bond motifs is 1. The molecule has 0 radical (unpaired) electrons. The highest BCUT2D eigenvalue weighted by atomic mass is 16.5. The van der Waals surface area contributed by atoms with Gasteiger partial charge in [-0.15, -0.1) is 0 Å². The lowest BCUT2D eigenvalue weighted by atomic mass is 9.58. The lowest BCUT2D eigenvalue weighted by Crippen LogP contribution is -2.44. The molecular formula is C20H28O3. The average Bonchev–Trinajstić information content (AvgIpc) is 2.50. The Bertz CT molecular complexity index is 617. The Morgan fingerprint density at radius 1 is 1.35 bits per heavy atom. The van der Waals surface area contributed by atoms with Gasteiger partial charge in [0.05, 0.1) is 0 Å². The minimum atomic E-state index is -0.237. The summed E-state index contributed by atoms with van der Waals surface area (Å²) in [6, 6.07) is 0. The van der Waals surface area contributed by atoms with Gasteiger partial charge in [-0.05, 0) is 45.1 Å². The maximum Gasteiger partial charge on any atom is 0.333 e. The van der Waals surface area contributed by atoms with Crippen molar-refractivity contribution in [2.24, 2.45) is 11.3 Å². The van der Waals surface area contributed by atoms with Gasteiger partial charge in [-0.25, -0.2) is 4.79 Å². The molecule has 3 atom stereocenters. The van der Waals surface area contributed by atoms with Crippen molar-refractivity contribution in [1.29, 1.82) is 0 Å². The molecule has 0 aromatic heterocycles. The van der Waals surface area contributed by atoms with Crippen LogP contribution < -0.4 is 0 Å². The SMILES string of the molecule is CC=C(C)C(=O)O[C@@H]1CC=C2CC(=O)C(=C(C)C)C[C@]2(C)[C@H]1C. The summed E-state index contributed by atoms with van der Waals surface area (Å²) in [5.74, 6) is 0.207. The number of ketones is 1. The van der Waals surface area contributed by atoms with Crippen LogP contribution in [0.15, 0.2) is 34.4 Å². The molecule has 0 aliphatic heterocycles. The normalized spacial score (nSPS) is 31.4. The Kier molecular flexibility index (Phi) is 4.98. The lowest BCUT2D eigenvalue weighted by Gasteiger charge is -2.47. The van der Waals surface area contributed by atoms with Gasteiger partial charge in [-0.3, -0.25) is 4.79 Å². The first-order valence-corrected chi connectivity index (χ1v) is 8.43. The zero-order valence-corrected chi connectivity index (χ0v) is 15.2. The van der Waals surface area contributed by atoms with Gasteiger partial charge < -0.3 is 4.74 Å². The van der Waals surface area contributed by atoms with E-state index in [1.807, 2.05) is 20.8 Å². The second-order valence-corrected chi connectivity index (χ2v) is 7.34. The molecule has 23 heavy (non-hydrogen) atoms. The summed E-state index contributed by atoms with van der Waals surface area (Å²) in [6.45, 7) is 12.0. The molecular weight excluding hydrogens is 288 g/mol. The number of rotatable bonds is 2. The Balaban J connectivity index is 2.29. The second-order valence-electron chi connectivity index (χ2n) is 7.34. The minimum absolute atomic E-state index is 0.104. The Morgan fingerprint density at radius 2 is 2.00 bits per heavy atom. The van der Waals surface area contributed by atoms with Crippen LogP contribution in [0.4, 0.5) is 0 Å². The molecule has 0 aromatic carbocycles. The average molecular weight is 316 g/mol. The molecule has 0 unspecified atom stereocenters. The lowest BCUT2D eigenvalue weighted by molar-refractivity contribution is -0.149. The van der Waals surface area contributed by atoms with Crippen molar-refractivity contribution < 1.29 is 14.3 Å². The van der Waals surface area contributed by atoms with E-state index >= 15 is 0 Å². The topological polar surface area (TPSA) is 43.4 Å². The number of Topliss-reactive ketones (excluding diaryl/α,β-unsaturated/α-hetero) is 1. The molecule has 0 spiro atoms. The molecule has 3 heteroatoms. The zero-order chi connectivity index (χ0) is 17.4. The zero-order valence-electron chi connectivity index (χ0n) is 15.2. The summed E-state index contributed by atoms with van der Waals surface area (Å²) in [5.41, 5.74) is 3.81. The summed E-state index contributed by atoms with van der Waals surface area (Å²) >= 11 is 0. The van der Waals surface area contributed by atoms with E-state index in [2.05, 4.69) is 19.9 Å². The molecule has 0 bridgehead atoms. The molecule has 1 fully saturated rings. The third kappa shape index (κ3) is 3.19. The van der Waals surface area contributed by atoms with Gasteiger partial charge >= 0.3 is 5.97 Å². The highest BCUT2D eigenvalue weighted by Crippen LogP contribution is 2.52. The van der Waals surface area contributed by atoms with Crippen molar-refractivity contribution in [3.8, 4) is 0 Å². The predicted molar refractivity (Wildman–Crippen MR) is 91.9 cm³/mol. The monoisotopic (exact) mass is 316 g/mol. The van der Waals surface area contributed by atoms with Crippen LogP contribution in [0.5, 0.6) is 0 Å². The van der Waals surface area contributed by atoms with Crippen molar-refractivity contribution in [2.75, 3.05) is 0 Å². The largest absolute Gasteiger partial charge is 0.458 e.